The lowest BCUT2D eigenvalue weighted by Gasteiger charge is -2.08. The summed E-state index contributed by atoms with van der Waals surface area (Å²) in [5.74, 6) is -0.385. The number of amides is 2. The molecule has 3 N–H and O–H groups in total. The minimum atomic E-state index is -0.666. The topological polar surface area (TPSA) is 129 Å². The number of aromatic nitrogens is 3. The Balaban J connectivity index is 1.76. The number of carbonyl (C=O) groups excluding carboxylic acids is 3. The van der Waals surface area contributed by atoms with E-state index in [1.54, 1.807) is 25.2 Å². The van der Waals surface area contributed by atoms with E-state index in [0.29, 0.717) is 23.2 Å². The van der Waals surface area contributed by atoms with Crippen LogP contribution in [-0.2, 0) is 16.1 Å². The van der Waals surface area contributed by atoms with E-state index >= 15 is 0 Å². The fourth-order valence-corrected chi connectivity index (χ4v) is 6.01. The molecule has 0 radical (unpaired) electrons. The number of nitrogens with two attached hydrogens (primary N) is 1. The Morgan fingerprint density at radius 2 is 2.00 bits per heavy atom. The first-order valence-corrected chi connectivity index (χ1v) is 13.4. The van der Waals surface area contributed by atoms with E-state index in [1.807, 2.05) is 11.5 Å². The van der Waals surface area contributed by atoms with Gasteiger partial charge in [0.2, 0.25) is 5.91 Å². The molecule has 3 heterocycles. The quantitative estimate of drug-likeness (QED) is 0.296. The molecule has 34 heavy (non-hydrogen) atoms. The van der Waals surface area contributed by atoms with Gasteiger partial charge in [-0.05, 0) is 38.3 Å². The SMILES string of the molecule is CCOC(=O)c1c(NC(=O)CSc2nnc(-c3csc(C(C)C)c3)n2CC)sc(C(N)=O)c1C. The van der Waals surface area contributed by atoms with Crippen LogP contribution in [0.5, 0.6) is 0 Å². The highest BCUT2D eigenvalue weighted by molar-refractivity contribution is 7.99. The summed E-state index contributed by atoms with van der Waals surface area (Å²) >= 11 is 3.90. The lowest BCUT2D eigenvalue weighted by Crippen LogP contribution is -2.17. The second-order valence-electron chi connectivity index (χ2n) is 7.62. The summed E-state index contributed by atoms with van der Waals surface area (Å²) in [4.78, 5) is 38.3. The molecule has 12 heteroatoms. The molecule has 182 valence electrons. The second kappa shape index (κ2) is 11.2. The summed E-state index contributed by atoms with van der Waals surface area (Å²) in [6, 6.07) is 2.12. The molecule has 3 rings (SSSR count). The summed E-state index contributed by atoms with van der Waals surface area (Å²) < 4.78 is 7.05. The zero-order valence-electron chi connectivity index (χ0n) is 19.6. The third-order valence-electron chi connectivity index (χ3n) is 4.92. The Morgan fingerprint density at radius 3 is 2.59 bits per heavy atom. The van der Waals surface area contributed by atoms with Gasteiger partial charge in [-0.1, -0.05) is 25.6 Å². The van der Waals surface area contributed by atoms with Gasteiger partial charge in [0.05, 0.1) is 22.8 Å². The molecule has 0 fully saturated rings. The molecule has 0 aromatic carbocycles. The van der Waals surface area contributed by atoms with Crippen LogP contribution in [0.4, 0.5) is 5.00 Å². The van der Waals surface area contributed by atoms with Gasteiger partial charge in [-0.25, -0.2) is 4.79 Å². The number of primary amides is 1. The first kappa shape index (κ1) is 25.9. The van der Waals surface area contributed by atoms with Gasteiger partial charge in [0.25, 0.3) is 5.91 Å². The molecule has 3 aromatic rings. The van der Waals surface area contributed by atoms with Crippen molar-refractivity contribution in [3.8, 4) is 11.4 Å². The summed E-state index contributed by atoms with van der Waals surface area (Å²) in [5, 5.41) is 14.3. The largest absolute Gasteiger partial charge is 0.462 e. The minimum absolute atomic E-state index is 0.0458. The molecular formula is C22H27N5O4S3. The predicted octanol–water partition coefficient (Wildman–Crippen LogP) is 4.53. The number of thioether (sulfide) groups is 1. The number of thiophene rings is 2. The Hall–Kier alpha value is -2.70. The first-order valence-electron chi connectivity index (χ1n) is 10.7. The van der Waals surface area contributed by atoms with Crippen molar-refractivity contribution in [1.82, 2.24) is 14.8 Å². The standard InChI is InChI=1S/C22H27N5O4S3/c1-6-27-19(13-8-14(11(3)4)32-9-13)25-26-22(27)33-10-15(28)24-20-16(21(30)31-7-2)12(5)17(34-20)18(23)29/h8-9,11H,6-7,10H2,1-5H3,(H2,23,29)(H,24,28). The maximum atomic E-state index is 12.7. The highest BCUT2D eigenvalue weighted by atomic mass is 32.2. The van der Waals surface area contributed by atoms with Crippen LogP contribution in [0.25, 0.3) is 11.4 Å². The molecule has 0 unspecified atom stereocenters. The molecule has 0 aliphatic rings. The number of rotatable bonds is 10. The van der Waals surface area contributed by atoms with E-state index in [2.05, 4.69) is 40.8 Å². The van der Waals surface area contributed by atoms with Crippen LogP contribution < -0.4 is 11.1 Å². The van der Waals surface area contributed by atoms with E-state index in [0.717, 1.165) is 22.7 Å². The fourth-order valence-electron chi connectivity index (χ4n) is 3.25. The van der Waals surface area contributed by atoms with Crippen LogP contribution in [0.2, 0.25) is 0 Å². The zero-order chi connectivity index (χ0) is 25.0. The van der Waals surface area contributed by atoms with E-state index in [1.165, 1.54) is 16.6 Å². The molecule has 2 amide bonds. The van der Waals surface area contributed by atoms with Crippen LogP contribution in [0.1, 0.15) is 64.1 Å². The van der Waals surface area contributed by atoms with E-state index in [-0.39, 0.29) is 33.7 Å². The van der Waals surface area contributed by atoms with Gasteiger partial charge in [0.15, 0.2) is 11.0 Å². The van der Waals surface area contributed by atoms with Crippen LogP contribution in [0.15, 0.2) is 16.6 Å². The molecule has 0 aliphatic heterocycles. The van der Waals surface area contributed by atoms with Crippen LogP contribution in [0.3, 0.4) is 0 Å². The molecule has 0 spiro atoms. The monoisotopic (exact) mass is 521 g/mol. The predicted molar refractivity (Wildman–Crippen MR) is 136 cm³/mol. The van der Waals surface area contributed by atoms with Gasteiger partial charge in [0.1, 0.15) is 5.00 Å². The summed E-state index contributed by atoms with van der Waals surface area (Å²) in [5.41, 5.74) is 6.97. The maximum Gasteiger partial charge on any atom is 0.341 e. The van der Waals surface area contributed by atoms with Gasteiger partial charge >= 0.3 is 5.97 Å². The fraction of sp³-hybridized carbons (Fsp3) is 0.409. The molecule has 0 bridgehead atoms. The zero-order valence-corrected chi connectivity index (χ0v) is 22.1. The Morgan fingerprint density at radius 1 is 1.26 bits per heavy atom. The number of anilines is 1. The lowest BCUT2D eigenvalue weighted by atomic mass is 10.1. The van der Waals surface area contributed by atoms with Crippen molar-refractivity contribution in [1.29, 1.82) is 0 Å². The summed E-state index contributed by atoms with van der Waals surface area (Å²) in [7, 11) is 0. The van der Waals surface area contributed by atoms with E-state index < -0.39 is 11.9 Å². The van der Waals surface area contributed by atoms with Crippen molar-refractivity contribution in [3.63, 3.8) is 0 Å². The molecule has 9 nitrogen and oxygen atoms in total. The lowest BCUT2D eigenvalue weighted by molar-refractivity contribution is -0.113. The number of ether oxygens (including phenoxy) is 1. The third kappa shape index (κ3) is 5.50. The maximum absolute atomic E-state index is 12.7. The number of nitrogens with zero attached hydrogens (tertiary/aromatic N) is 3. The first-order chi connectivity index (χ1) is 16.2. The normalized spacial score (nSPS) is 11.1. The molecule has 0 saturated heterocycles. The molecule has 0 aliphatic carbocycles. The van der Waals surface area contributed by atoms with Crippen molar-refractivity contribution >= 4 is 57.2 Å². The van der Waals surface area contributed by atoms with Gasteiger partial charge in [-0.15, -0.1) is 32.9 Å². The van der Waals surface area contributed by atoms with E-state index in [9.17, 15) is 14.4 Å². The average Bonchev–Trinajstić information content (AvgIpc) is 3.49. The number of nitrogens with one attached hydrogen (secondary N) is 1. The van der Waals surface area contributed by atoms with Gasteiger partial charge in [-0.3, -0.25) is 9.59 Å². The van der Waals surface area contributed by atoms with Crippen LogP contribution in [-0.4, -0.2) is 44.9 Å². The highest BCUT2D eigenvalue weighted by Crippen LogP contribution is 2.34. The minimum Gasteiger partial charge on any atom is -0.462 e. The number of esters is 1. The molecular weight excluding hydrogens is 494 g/mol. The van der Waals surface area contributed by atoms with Crippen molar-refractivity contribution in [2.45, 2.75) is 52.2 Å². The average molecular weight is 522 g/mol. The summed E-state index contributed by atoms with van der Waals surface area (Å²) in [6.45, 7) is 10.4. The summed E-state index contributed by atoms with van der Waals surface area (Å²) in [6.07, 6.45) is 0. The molecule has 0 saturated carbocycles. The van der Waals surface area contributed by atoms with Crippen molar-refractivity contribution in [2.24, 2.45) is 5.73 Å². The van der Waals surface area contributed by atoms with E-state index in [4.69, 9.17) is 10.5 Å². The molecule has 0 atom stereocenters. The number of carbonyl (C=O) groups is 3. The number of hydrogen-bond donors (Lipinski definition) is 2. The Kier molecular flexibility index (Phi) is 8.50. The smallest absolute Gasteiger partial charge is 0.341 e. The Bertz CT molecular complexity index is 1210. The van der Waals surface area contributed by atoms with Crippen LogP contribution >= 0.6 is 34.4 Å². The number of hydrogen-bond acceptors (Lipinski definition) is 9. The Labute approximate surface area is 210 Å². The van der Waals surface area contributed by atoms with Gasteiger partial charge in [-0.2, -0.15) is 0 Å². The second-order valence-corrected chi connectivity index (χ2v) is 10.5. The highest BCUT2D eigenvalue weighted by Gasteiger charge is 2.26. The van der Waals surface area contributed by atoms with Gasteiger partial charge < -0.3 is 20.4 Å². The van der Waals surface area contributed by atoms with Gasteiger partial charge in [0, 0.05) is 22.4 Å². The van der Waals surface area contributed by atoms with Crippen molar-refractivity contribution in [3.05, 3.63) is 32.3 Å². The molecule has 3 aromatic heterocycles. The van der Waals surface area contributed by atoms with Crippen molar-refractivity contribution in [2.75, 3.05) is 17.7 Å². The third-order valence-corrected chi connectivity index (χ3v) is 8.34. The van der Waals surface area contributed by atoms with Crippen LogP contribution in [0, 0.1) is 6.92 Å². The van der Waals surface area contributed by atoms with Crippen molar-refractivity contribution < 1.29 is 19.1 Å².